The highest BCUT2D eigenvalue weighted by molar-refractivity contribution is 6.45. The molecule has 0 aromatic carbocycles. The van der Waals surface area contributed by atoms with Crippen molar-refractivity contribution in [2.24, 2.45) is 0 Å². The number of pyridine rings is 1. The average molecular weight is 427 g/mol. The Kier molecular flexibility index (Phi) is 8.62. The van der Waals surface area contributed by atoms with Crippen molar-refractivity contribution in [2.75, 3.05) is 20.8 Å². The number of carbonyl (C=O) groups is 2. The van der Waals surface area contributed by atoms with Crippen LogP contribution in [0.5, 0.6) is 11.6 Å². The summed E-state index contributed by atoms with van der Waals surface area (Å²) in [5.74, 6) is -0.265. The number of aromatic amines is 1. The lowest BCUT2D eigenvalue weighted by atomic mass is 9.93. The normalized spacial score (nSPS) is 15.6. The van der Waals surface area contributed by atoms with Crippen LogP contribution in [0.4, 0.5) is 0 Å². The van der Waals surface area contributed by atoms with Gasteiger partial charge >= 0.3 is 0 Å². The zero-order valence-electron chi connectivity index (χ0n) is 18.7. The molecule has 1 saturated heterocycles. The van der Waals surface area contributed by atoms with Gasteiger partial charge in [-0.05, 0) is 19.3 Å². The van der Waals surface area contributed by atoms with Gasteiger partial charge < -0.3 is 19.4 Å². The van der Waals surface area contributed by atoms with Gasteiger partial charge in [0.15, 0.2) is 0 Å². The van der Waals surface area contributed by atoms with Crippen LogP contribution in [0, 0.1) is 11.3 Å². The molecule has 0 bridgehead atoms. The first kappa shape index (κ1) is 23.9. The highest BCUT2D eigenvalue weighted by Gasteiger charge is 2.33. The third-order valence-electron chi connectivity index (χ3n) is 5.31. The van der Waals surface area contributed by atoms with Gasteiger partial charge in [0, 0.05) is 25.7 Å². The molecule has 8 nitrogen and oxygen atoms in total. The number of ether oxygens (including phenoxy) is 2. The molecule has 3 rings (SSSR count). The van der Waals surface area contributed by atoms with E-state index in [0.29, 0.717) is 29.1 Å². The Bertz CT molecular complexity index is 989. The number of nitriles is 1. The van der Waals surface area contributed by atoms with Crippen molar-refractivity contribution in [1.29, 1.82) is 5.26 Å². The third kappa shape index (κ3) is 5.23. The number of unbranched alkanes of at least 4 members (excludes halogenated alkanes) is 1. The summed E-state index contributed by atoms with van der Waals surface area (Å²) in [4.78, 5) is 35.1. The van der Waals surface area contributed by atoms with Crippen molar-refractivity contribution in [3.63, 3.8) is 0 Å². The quantitative estimate of drug-likeness (QED) is 0.407. The number of hydrogen-bond donors (Lipinski definition) is 1. The van der Waals surface area contributed by atoms with Gasteiger partial charge in [-0.1, -0.05) is 31.9 Å². The van der Waals surface area contributed by atoms with Crippen LogP contribution < -0.4 is 9.47 Å². The Morgan fingerprint density at radius 3 is 2.71 bits per heavy atom. The molecule has 1 N–H and O–H groups in total. The van der Waals surface area contributed by atoms with E-state index in [9.17, 15) is 9.59 Å². The van der Waals surface area contributed by atoms with Crippen LogP contribution in [0.15, 0.2) is 24.5 Å². The highest BCUT2D eigenvalue weighted by atomic mass is 16.5. The van der Waals surface area contributed by atoms with Crippen molar-refractivity contribution in [2.45, 2.75) is 52.0 Å². The minimum atomic E-state index is -0.549. The smallest absolute Gasteiger partial charge is 0.295 e. The van der Waals surface area contributed by atoms with Gasteiger partial charge in [0.25, 0.3) is 11.7 Å². The van der Waals surface area contributed by atoms with Crippen LogP contribution >= 0.6 is 0 Å². The van der Waals surface area contributed by atoms with Gasteiger partial charge in [-0.15, -0.1) is 0 Å². The van der Waals surface area contributed by atoms with Crippen LogP contribution in [0.3, 0.4) is 0 Å². The number of nitrogens with one attached hydrogen (secondary N) is 1. The molecule has 0 aliphatic carbocycles. The molecule has 0 spiro atoms. The molecule has 1 aliphatic rings. The molecule has 2 aromatic rings. The number of amides is 1. The van der Waals surface area contributed by atoms with E-state index in [1.54, 1.807) is 11.0 Å². The second-order valence-corrected chi connectivity index (χ2v) is 7.34. The molecule has 1 amide bonds. The SMILES string of the molecule is C=C1CCN(C(=O)C(=O)c2c[nH]c3c(OC)ncc(OC)c23)C(CCCC)C1.CC#N. The monoisotopic (exact) mass is 426 g/mol. The Morgan fingerprint density at radius 2 is 2.10 bits per heavy atom. The van der Waals surface area contributed by atoms with Gasteiger partial charge in [-0.2, -0.15) is 5.26 Å². The summed E-state index contributed by atoms with van der Waals surface area (Å²) < 4.78 is 10.6. The summed E-state index contributed by atoms with van der Waals surface area (Å²) in [6.07, 6.45) is 7.45. The van der Waals surface area contributed by atoms with Gasteiger partial charge in [0.1, 0.15) is 11.3 Å². The number of likely N-dealkylation sites (tertiary alicyclic amines) is 1. The first-order valence-electron chi connectivity index (χ1n) is 10.3. The molecule has 3 heterocycles. The van der Waals surface area contributed by atoms with Gasteiger partial charge in [-0.25, -0.2) is 4.98 Å². The summed E-state index contributed by atoms with van der Waals surface area (Å²) in [7, 11) is 3.00. The fourth-order valence-electron chi connectivity index (χ4n) is 3.80. The van der Waals surface area contributed by atoms with Gasteiger partial charge in [0.05, 0.1) is 37.4 Å². The maximum absolute atomic E-state index is 13.1. The van der Waals surface area contributed by atoms with Crippen molar-refractivity contribution in [3.05, 3.63) is 30.1 Å². The number of piperidine rings is 1. The number of H-pyrrole nitrogens is 1. The fraction of sp³-hybridized carbons (Fsp3) is 0.478. The summed E-state index contributed by atoms with van der Waals surface area (Å²) in [6.45, 7) is 8.16. The van der Waals surface area contributed by atoms with Gasteiger partial charge in [-0.3, -0.25) is 9.59 Å². The topological polar surface area (TPSA) is 108 Å². The molecule has 1 atom stereocenters. The average Bonchev–Trinajstić information content (AvgIpc) is 3.22. The molecule has 0 radical (unpaired) electrons. The number of aromatic nitrogens is 2. The first-order chi connectivity index (χ1) is 14.9. The standard InChI is InChI=1S/C21H27N3O4.C2H3N/c1-5-6-7-14-10-13(2)8-9-24(14)21(26)19(25)15-11-22-18-17(15)16(27-3)12-23-20(18)28-4;1-2-3/h11-12,14,22H,2,5-10H2,1,3-4H3;1H3. The number of Topliss-reactive ketones (excluding diaryl/α,β-unsaturated/α-hetero) is 1. The highest BCUT2D eigenvalue weighted by Crippen LogP contribution is 2.34. The van der Waals surface area contributed by atoms with Crippen LogP contribution in [-0.2, 0) is 4.79 Å². The van der Waals surface area contributed by atoms with Crippen LogP contribution in [0.25, 0.3) is 10.9 Å². The van der Waals surface area contributed by atoms with E-state index in [-0.39, 0.29) is 11.6 Å². The number of hydrogen-bond acceptors (Lipinski definition) is 6. The van der Waals surface area contributed by atoms with Crippen molar-refractivity contribution < 1.29 is 19.1 Å². The zero-order valence-corrected chi connectivity index (χ0v) is 18.7. The van der Waals surface area contributed by atoms with E-state index in [1.165, 1.54) is 33.5 Å². The number of methoxy groups -OCH3 is 2. The molecule has 0 saturated carbocycles. The fourth-order valence-corrected chi connectivity index (χ4v) is 3.80. The van der Waals surface area contributed by atoms with E-state index >= 15 is 0 Å². The molecule has 8 heteroatoms. The Balaban J connectivity index is 0.00000107. The summed E-state index contributed by atoms with van der Waals surface area (Å²) in [5.41, 5.74) is 1.95. The van der Waals surface area contributed by atoms with E-state index in [1.807, 2.05) is 0 Å². The summed E-state index contributed by atoms with van der Waals surface area (Å²) >= 11 is 0. The van der Waals surface area contributed by atoms with Crippen molar-refractivity contribution >= 4 is 22.6 Å². The molecule has 1 fully saturated rings. The van der Waals surface area contributed by atoms with Crippen LogP contribution in [0.2, 0.25) is 0 Å². The van der Waals surface area contributed by atoms with E-state index < -0.39 is 11.7 Å². The third-order valence-corrected chi connectivity index (χ3v) is 5.31. The predicted molar refractivity (Wildman–Crippen MR) is 118 cm³/mol. The maximum atomic E-state index is 13.1. The van der Waals surface area contributed by atoms with E-state index in [4.69, 9.17) is 14.7 Å². The minimum Gasteiger partial charge on any atom is -0.494 e. The lowest BCUT2D eigenvalue weighted by molar-refractivity contribution is -0.129. The van der Waals surface area contributed by atoms with Crippen molar-refractivity contribution in [1.82, 2.24) is 14.9 Å². The first-order valence-corrected chi connectivity index (χ1v) is 10.3. The number of nitrogens with zero attached hydrogens (tertiary/aromatic N) is 3. The molecule has 2 aromatic heterocycles. The molecule has 166 valence electrons. The number of carbonyl (C=O) groups excluding carboxylic acids is 2. The predicted octanol–water partition coefficient (Wildman–Crippen LogP) is 4.03. The number of fused-ring (bicyclic) bond motifs is 1. The zero-order chi connectivity index (χ0) is 23.0. The molecular weight excluding hydrogens is 396 g/mol. The number of rotatable bonds is 7. The minimum absolute atomic E-state index is 0.0287. The largest absolute Gasteiger partial charge is 0.494 e. The van der Waals surface area contributed by atoms with Crippen molar-refractivity contribution in [3.8, 4) is 17.7 Å². The molecule has 31 heavy (non-hydrogen) atoms. The van der Waals surface area contributed by atoms with E-state index in [0.717, 1.165) is 37.7 Å². The maximum Gasteiger partial charge on any atom is 0.295 e. The Labute approximate surface area is 182 Å². The molecule has 1 aliphatic heterocycles. The number of ketones is 1. The summed E-state index contributed by atoms with van der Waals surface area (Å²) in [5, 5.41) is 7.83. The lowest BCUT2D eigenvalue weighted by Crippen LogP contribution is -2.47. The second kappa shape index (κ2) is 11.2. The summed E-state index contributed by atoms with van der Waals surface area (Å²) in [6, 6.07) is 1.78. The van der Waals surface area contributed by atoms with Crippen LogP contribution in [0.1, 0.15) is 56.3 Å². The van der Waals surface area contributed by atoms with Gasteiger partial charge in [0.2, 0.25) is 5.88 Å². The molecule has 1 unspecified atom stereocenters. The lowest BCUT2D eigenvalue weighted by Gasteiger charge is -2.36. The second-order valence-electron chi connectivity index (χ2n) is 7.34. The molecular formula is C23H30N4O4. The van der Waals surface area contributed by atoms with Crippen LogP contribution in [-0.4, -0.2) is 53.4 Å². The Morgan fingerprint density at radius 1 is 1.39 bits per heavy atom. The Hall–Kier alpha value is -3.34. The van der Waals surface area contributed by atoms with E-state index in [2.05, 4.69) is 23.5 Å².